The summed E-state index contributed by atoms with van der Waals surface area (Å²) in [7, 11) is 1.33. The number of carbonyl (C=O) groups excluding carboxylic acids is 2. The van der Waals surface area contributed by atoms with Crippen molar-refractivity contribution in [3.63, 3.8) is 0 Å². The van der Waals surface area contributed by atoms with Crippen molar-refractivity contribution >= 4 is 11.9 Å². The minimum absolute atomic E-state index is 0.0135. The average molecular weight is 265 g/mol. The molecular weight excluding hydrogens is 246 g/mol. The molecule has 0 bridgehead atoms. The standard InChI is InChI=1S/C14H19NO4/c1-3-19-13(16)10-15-12(14(17)18-2)9-11-7-5-4-6-8-11/h4-8,12,15H,3,9-10H2,1-2H3. The van der Waals surface area contributed by atoms with Crippen LogP contribution in [0.5, 0.6) is 0 Å². The first-order valence-corrected chi connectivity index (χ1v) is 6.18. The van der Waals surface area contributed by atoms with E-state index in [2.05, 4.69) is 5.32 Å². The zero-order valence-corrected chi connectivity index (χ0v) is 11.2. The summed E-state index contributed by atoms with van der Waals surface area (Å²) in [6.45, 7) is 2.04. The fourth-order valence-electron chi connectivity index (χ4n) is 1.65. The Labute approximate surface area is 112 Å². The summed E-state index contributed by atoms with van der Waals surface area (Å²) in [5, 5.41) is 2.85. The maximum atomic E-state index is 11.6. The molecule has 5 nitrogen and oxygen atoms in total. The normalized spacial score (nSPS) is 11.7. The second-order valence-corrected chi connectivity index (χ2v) is 3.95. The summed E-state index contributed by atoms with van der Waals surface area (Å²) >= 11 is 0. The van der Waals surface area contributed by atoms with E-state index in [-0.39, 0.29) is 12.5 Å². The molecule has 19 heavy (non-hydrogen) atoms. The van der Waals surface area contributed by atoms with Gasteiger partial charge in [0.25, 0.3) is 0 Å². The van der Waals surface area contributed by atoms with Crippen molar-refractivity contribution in [1.29, 1.82) is 0 Å². The molecule has 5 heteroatoms. The summed E-state index contributed by atoms with van der Waals surface area (Å²) < 4.78 is 9.53. The predicted octanol–water partition coefficient (Wildman–Crippen LogP) is 0.923. The van der Waals surface area contributed by atoms with Crippen molar-refractivity contribution in [3.8, 4) is 0 Å². The topological polar surface area (TPSA) is 64.6 Å². The Bertz CT molecular complexity index is 405. The number of benzene rings is 1. The molecule has 0 spiro atoms. The molecule has 1 atom stereocenters. The van der Waals surface area contributed by atoms with Crippen LogP contribution in [0.2, 0.25) is 0 Å². The van der Waals surface area contributed by atoms with Crippen LogP contribution in [-0.4, -0.2) is 38.2 Å². The molecular formula is C14H19NO4. The molecule has 0 amide bonds. The molecule has 1 unspecified atom stereocenters. The van der Waals surface area contributed by atoms with Gasteiger partial charge in [-0.15, -0.1) is 0 Å². The van der Waals surface area contributed by atoms with Gasteiger partial charge in [-0.05, 0) is 18.9 Å². The first-order valence-electron chi connectivity index (χ1n) is 6.18. The summed E-state index contributed by atoms with van der Waals surface area (Å²) in [6.07, 6.45) is 0.465. The highest BCUT2D eigenvalue weighted by molar-refractivity contribution is 5.78. The van der Waals surface area contributed by atoms with Crippen LogP contribution in [-0.2, 0) is 25.5 Å². The van der Waals surface area contributed by atoms with Gasteiger partial charge in [0.15, 0.2) is 0 Å². The number of carbonyl (C=O) groups is 2. The van der Waals surface area contributed by atoms with E-state index in [1.807, 2.05) is 30.3 Å². The highest BCUT2D eigenvalue weighted by Crippen LogP contribution is 2.04. The van der Waals surface area contributed by atoms with Crippen LogP contribution >= 0.6 is 0 Å². The van der Waals surface area contributed by atoms with Crippen LogP contribution < -0.4 is 5.32 Å². The van der Waals surface area contributed by atoms with Crippen molar-refractivity contribution < 1.29 is 19.1 Å². The zero-order chi connectivity index (χ0) is 14.1. The summed E-state index contributed by atoms with van der Waals surface area (Å²) in [4.78, 5) is 22.9. The second kappa shape index (κ2) is 8.26. The molecule has 0 aromatic heterocycles. The summed E-state index contributed by atoms with van der Waals surface area (Å²) in [6, 6.07) is 8.98. The number of ether oxygens (including phenoxy) is 2. The Kier molecular flexibility index (Phi) is 6.60. The van der Waals surface area contributed by atoms with Crippen LogP contribution in [0.4, 0.5) is 0 Å². The van der Waals surface area contributed by atoms with E-state index < -0.39 is 12.0 Å². The number of hydrogen-bond donors (Lipinski definition) is 1. The van der Waals surface area contributed by atoms with Gasteiger partial charge >= 0.3 is 11.9 Å². The quantitative estimate of drug-likeness (QED) is 0.743. The molecule has 1 aromatic carbocycles. The highest BCUT2D eigenvalue weighted by atomic mass is 16.5. The Morgan fingerprint density at radius 2 is 1.95 bits per heavy atom. The van der Waals surface area contributed by atoms with E-state index in [1.165, 1.54) is 7.11 Å². The molecule has 1 rings (SSSR count). The number of nitrogens with one attached hydrogen (secondary N) is 1. The van der Waals surface area contributed by atoms with Gasteiger partial charge in [0, 0.05) is 0 Å². The average Bonchev–Trinajstić information content (AvgIpc) is 2.44. The van der Waals surface area contributed by atoms with Crippen molar-refractivity contribution in [2.45, 2.75) is 19.4 Å². The molecule has 0 aliphatic carbocycles. The minimum Gasteiger partial charge on any atom is -0.468 e. The number of rotatable bonds is 7. The lowest BCUT2D eigenvalue weighted by Crippen LogP contribution is -2.42. The maximum absolute atomic E-state index is 11.6. The van der Waals surface area contributed by atoms with Gasteiger partial charge in [0.2, 0.25) is 0 Å². The Morgan fingerprint density at radius 1 is 1.26 bits per heavy atom. The van der Waals surface area contributed by atoms with Crippen molar-refractivity contribution in [2.75, 3.05) is 20.3 Å². The summed E-state index contributed by atoms with van der Waals surface area (Å²) in [5.41, 5.74) is 0.995. The third kappa shape index (κ3) is 5.52. The number of methoxy groups -OCH3 is 1. The van der Waals surface area contributed by atoms with E-state index in [0.717, 1.165) is 5.56 Å². The zero-order valence-electron chi connectivity index (χ0n) is 11.2. The molecule has 104 valence electrons. The van der Waals surface area contributed by atoms with Gasteiger partial charge in [-0.25, -0.2) is 0 Å². The lowest BCUT2D eigenvalue weighted by molar-refractivity contribution is -0.144. The second-order valence-electron chi connectivity index (χ2n) is 3.95. The first-order chi connectivity index (χ1) is 9.17. The van der Waals surface area contributed by atoms with Gasteiger partial charge in [0.05, 0.1) is 20.3 Å². The largest absolute Gasteiger partial charge is 0.468 e. The maximum Gasteiger partial charge on any atom is 0.323 e. The smallest absolute Gasteiger partial charge is 0.323 e. The Morgan fingerprint density at radius 3 is 2.53 bits per heavy atom. The lowest BCUT2D eigenvalue weighted by Gasteiger charge is -2.16. The van der Waals surface area contributed by atoms with Crippen LogP contribution in [0.1, 0.15) is 12.5 Å². The van der Waals surface area contributed by atoms with Gasteiger partial charge < -0.3 is 9.47 Å². The minimum atomic E-state index is -0.559. The third-order valence-corrected chi connectivity index (χ3v) is 2.57. The predicted molar refractivity (Wildman–Crippen MR) is 70.6 cm³/mol. The van der Waals surface area contributed by atoms with Crippen LogP contribution in [0.15, 0.2) is 30.3 Å². The van der Waals surface area contributed by atoms with Gasteiger partial charge in [0.1, 0.15) is 6.04 Å². The van der Waals surface area contributed by atoms with E-state index in [4.69, 9.17) is 9.47 Å². The molecule has 0 radical (unpaired) electrons. The van der Waals surface area contributed by atoms with Gasteiger partial charge in [-0.2, -0.15) is 0 Å². The van der Waals surface area contributed by atoms with Crippen LogP contribution in [0, 0.1) is 0 Å². The monoisotopic (exact) mass is 265 g/mol. The Balaban J connectivity index is 2.57. The van der Waals surface area contributed by atoms with Crippen molar-refractivity contribution in [2.24, 2.45) is 0 Å². The van der Waals surface area contributed by atoms with Gasteiger partial charge in [-0.1, -0.05) is 30.3 Å². The lowest BCUT2D eigenvalue weighted by atomic mass is 10.1. The Hall–Kier alpha value is -1.88. The number of esters is 2. The summed E-state index contributed by atoms with van der Waals surface area (Å²) in [5.74, 6) is -0.780. The molecule has 0 fully saturated rings. The molecule has 0 aliphatic heterocycles. The SMILES string of the molecule is CCOC(=O)CNC(Cc1ccccc1)C(=O)OC. The van der Waals surface area contributed by atoms with Crippen molar-refractivity contribution in [3.05, 3.63) is 35.9 Å². The molecule has 1 aromatic rings. The van der Waals surface area contributed by atoms with Crippen LogP contribution in [0.25, 0.3) is 0 Å². The van der Waals surface area contributed by atoms with E-state index in [9.17, 15) is 9.59 Å². The molecule has 0 aliphatic rings. The van der Waals surface area contributed by atoms with Gasteiger partial charge in [-0.3, -0.25) is 14.9 Å². The van der Waals surface area contributed by atoms with E-state index in [1.54, 1.807) is 6.92 Å². The molecule has 0 heterocycles. The molecule has 0 saturated heterocycles. The number of hydrogen-bond acceptors (Lipinski definition) is 5. The molecule has 0 saturated carbocycles. The van der Waals surface area contributed by atoms with Crippen LogP contribution in [0.3, 0.4) is 0 Å². The first kappa shape index (κ1) is 15.2. The fraction of sp³-hybridized carbons (Fsp3) is 0.429. The third-order valence-electron chi connectivity index (χ3n) is 2.57. The fourth-order valence-corrected chi connectivity index (χ4v) is 1.65. The van der Waals surface area contributed by atoms with E-state index in [0.29, 0.717) is 13.0 Å². The van der Waals surface area contributed by atoms with E-state index >= 15 is 0 Å². The molecule has 1 N–H and O–H groups in total. The highest BCUT2D eigenvalue weighted by Gasteiger charge is 2.20. The van der Waals surface area contributed by atoms with Crippen molar-refractivity contribution in [1.82, 2.24) is 5.32 Å².